The van der Waals surface area contributed by atoms with E-state index in [1.54, 1.807) is 4.90 Å². The summed E-state index contributed by atoms with van der Waals surface area (Å²) in [5.41, 5.74) is -0.720. The molecule has 6 heteroatoms. The molecule has 2 amide bonds. The second-order valence-corrected chi connectivity index (χ2v) is 9.84. The van der Waals surface area contributed by atoms with Crippen LogP contribution in [0.4, 0.5) is 0 Å². The number of carbonyl (C=O) groups is 2. The first-order valence-electron chi connectivity index (χ1n) is 10.6. The van der Waals surface area contributed by atoms with Crippen LogP contribution >= 0.6 is 0 Å². The molecule has 154 valence electrons. The first kappa shape index (κ1) is 20.6. The van der Waals surface area contributed by atoms with Crippen LogP contribution in [-0.2, 0) is 19.1 Å². The Morgan fingerprint density at radius 1 is 1.19 bits per heavy atom. The largest absolute Gasteiger partial charge is 0.376 e. The third-order valence-corrected chi connectivity index (χ3v) is 6.10. The standard InChI is InChI=1S/C21H36N2O4/c1-15-7-9-21(10-8-15)23(18(24)12-20(2,3)4)17(14-27-21)19(25)22-13-16-6-5-11-26-16/h15-17H,5-14H2,1-4H3,(H,22,25)/t15?,16-,17+,21?/m0/s1. The van der Waals surface area contributed by atoms with E-state index in [0.717, 1.165) is 45.1 Å². The van der Waals surface area contributed by atoms with E-state index in [-0.39, 0.29) is 23.3 Å². The maximum absolute atomic E-state index is 13.2. The zero-order valence-electron chi connectivity index (χ0n) is 17.4. The molecule has 0 unspecified atom stereocenters. The predicted molar refractivity (Wildman–Crippen MR) is 103 cm³/mol. The highest BCUT2D eigenvalue weighted by atomic mass is 16.5. The summed E-state index contributed by atoms with van der Waals surface area (Å²) < 4.78 is 11.8. The number of amides is 2. The van der Waals surface area contributed by atoms with Crippen molar-refractivity contribution in [2.45, 2.75) is 90.5 Å². The molecule has 6 nitrogen and oxygen atoms in total. The summed E-state index contributed by atoms with van der Waals surface area (Å²) >= 11 is 0. The van der Waals surface area contributed by atoms with Crippen molar-refractivity contribution in [2.75, 3.05) is 19.8 Å². The molecule has 2 saturated heterocycles. The van der Waals surface area contributed by atoms with Crippen molar-refractivity contribution < 1.29 is 19.1 Å². The minimum Gasteiger partial charge on any atom is -0.376 e. The topological polar surface area (TPSA) is 67.9 Å². The van der Waals surface area contributed by atoms with Crippen molar-refractivity contribution in [2.24, 2.45) is 11.3 Å². The van der Waals surface area contributed by atoms with Gasteiger partial charge in [0.15, 0.2) is 0 Å². The normalized spacial score (nSPS) is 34.2. The van der Waals surface area contributed by atoms with Crippen molar-refractivity contribution in [1.82, 2.24) is 10.2 Å². The Hall–Kier alpha value is -1.14. The summed E-state index contributed by atoms with van der Waals surface area (Å²) in [4.78, 5) is 28.0. The zero-order valence-corrected chi connectivity index (χ0v) is 17.4. The van der Waals surface area contributed by atoms with Crippen molar-refractivity contribution in [3.05, 3.63) is 0 Å². The Bertz CT molecular complexity index is 543. The van der Waals surface area contributed by atoms with Gasteiger partial charge in [-0.1, -0.05) is 27.7 Å². The van der Waals surface area contributed by atoms with E-state index in [4.69, 9.17) is 9.47 Å². The van der Waals surface area contributed by atoms with E-state index < -0.39 is 11.8 Å². The van der Waals surface area contributed by atoms with Gasteiger partial charge >= 0.3 is 0 Å². The van der Waals surface area contributed by atoms with Crippen molar-refractivity contribution in [3.8, 4) is 0 Å². The average Bonchev–Trinajstić information content (AvgIpc) is 3.22. The molecule has 3 rings (SSSR count). The van der Waals surface area contributed by atoms with Gasteiger partial charge in [0.05, 0.1) is 12.7 Å². The van der Waals surface area contributed by atoms with Crippen molar-refractivity contribution >= 4 is 11.8 Å². The van der Waals surface area contributed by atoms with Crippen LogP contribution in [-0.4, -0.2) is 54.3 Å². The molecular formula is C21H36N2O4. The monoisotopic (exact) mass is 380 g/mol. The van der Waals surface area contributed by atoms with Gasteiger partial charge < -0.3 is 14.8 Å². The van der Waals surface area contributed by atoms with Crippen LogP contribution in [0.25, 0.3) is 0 Å². The summed E-state index contributed by atoms with van der Waals surface area (Å²) in [5, 5.41) is 3.01. The molecule has 3 aliphatic rings. The summed E-state index contributed by atoms with van der Waals surface area (Å²) in [7, 11) is 0. The van der Waals surface area contributed by atoms with Gasteiger partial charge in [-0.05, 0) is 49.9 Å². The third-order valence-electron chi connectivity index (χ3n) is 6.10. The Kier molecular flexibility index (Phi) is 6.16. The van der Waals surface area contributed by atoms with Crippen LogP contribution in [0.2, 0.25) is 0 Å². The minimum absolute atomic E-state index is 0.0341. The molecule has 2 atom stereocenters. The van der Waals surface area contributed by atoms with E-state index >= 15 is 0 Å². The van der Waals surface area contributed by atoms with Crippen molar-refractivity contribution in [1.29, 1.82) is 0 Å². The molecule has 1 saturated carbocycles. The number of hydrogen-bond donors (Lipinski definition) is 1. The number of hydrogen-bond acceptors (Lipinski definition) is 4. The number of rotatable bonds is 4. The molecule has 1 spiro atoms. The highest BCUT2D eigenvalue weighted by Gasteiger charge is 2.53. The number of nitrogens with one attached hydrogen (secondary N) is 1. The van der Waals surface area contributed by atoms with Crippen LogP contribution in [0.5, 0.6) is 0 Å². The highest BCUT2D eigenvalue weighted by molar-refractivity contribution is 5.89. The lowest BCUT2D eigenvalue weighted by Crippen LogP contribution is -2.57. The predicted octanol–water partition coefficient (Wildman–Crippen LogP) is 2.85. The minimum atomic E-state index is -0.597. The molecule has 1 N–H and O–H groups in total. The molecule has 27 heavy (non-hydrogen) atoms. The van der Waals surface area contributed by atoms with Gasteiger partial charge in [0.1, 0.15) is 11.8 Å². The van der Waals surface area contributed by atoms with Crippen molar-refractivity contribution in [3.63, 3.8) is 0 Å². The van der Waals surface area contributed by atoms with Gasteiger partial charge in [-0.15, -0.1) is 0 Å². The Morgan fingerprint density at radius 3 is 2.48 bits per heavy atom. The van der Waals surface area contributed by atoms with Gasteiger partial charge in [-0.3, -0.25) is 14.5 Å². The van der Waals surface area contributed by atoms with Crippen LogP contribution in [0.3, 0.4) is 0 Å². The number of ether oxygens (including phenoxy) is 2. The average molecular weight is 381 g/mol. The molecule has 0 bridgehead atoms. The molecule has 0 radical (unpaired) electrons. The third kappa shape index (κ3) is 4.83. The fourth-order valence-electron chi connectivity index (χ4n) is 4.53. The SMILES string of the molecule is CC1CCC2(CC1)OC[C@H](C(=O)NC[C@@H]1CCCO1)N2C(=O)CC(C)(C)C. The fourth-order valence-corrected chi connectivity index (χ4v) is 4.53. The first-order chi connectivity index (χ1) is 12.7. The van der Waals surface area contributed by atoms with Crippen LogP contribution in [0.1, 0.15) is 72.6 Å². The second kappa shape index (κ2) is 8.08. The van der Waals surface area contributed by atoms with E-state index in [0.29, 0.717) is 25.5 Å². The van der Waals surface area contributed by atoms with Gasteiger partial charge in [-0.25, -0.2) is 0 Å². The Labute approximate surface area is 163 Å². The van der Waals surface area contributed by atoms with Gasteiger partial charge in [0.25, 0.3) is 0 Å². The molecular weight excluding hydrogens is 344 g/mol. The molecule has 0 aromatic carbocycles. The molecule has 2 heterocycles. The second-order valence-electron chi connectivity index (χ2n) is 9.84. The highest BCUT2D eigenvalue weighted by Crippen LogP contribution is 2.43. The van der Waals surface area contributed by atoms with Crippen LogP contribution in [0, 0.1) is 11.3 Å². The Balaban J connectivity index is 1.72. The summed E-state index contributed by atoms with van der Waals surface area (Å²) in [5.74, 6) is 0.571. The molecule has 1 aliphatic carbocycles. The maximum Gasteiger partial charge on any atom is 0.245 e. The van der Waals surface area contributed by atoms with Gasteiger partial charge in [0, 0.05) is 19.6 Å². The molecule has 0 aromatic heterocycles. The Morgan fingerprint density at radius 2 is 1.89 bits per heavy atom. The lowest BCUT2D eigenvalue weighted by atomic mass is 9.82. The van der Waals surface area contributed by atoms with E-state index in [2.05, 4.69) is 33.0 Å². The fraction of sp³-hybridized carbons (Fsp3) is 0.905. The smallest absolute Gasteiger partial charge is 0.245 e. The molecule has 3 fully saturated rings. The quantitative estimate of drug-likeness (QED) is 0.814. The summed E-state index contributed by atoms with van der Waals surface area (Å²) in [6.45, 7) is 10.00. The number of nitrogens with zero attached hydrogens (tertiary/aromatic N) is 1. The zero-order chi connectivity index (χ0) is 19.7. The summed E-state index contributed by atoms with van der Waals surface area (Å²) in [6.07, 6.45) is 6.25. The van der Waals surface area contributed by atoms with Gasteiger partial charge in [0.2, 0.25) is 11.8 Å². The van der Waals surface area contributed by atoms with Crippen LogP contribution < -0.4 is 5.32 Å². The summed E-state index contributed by atoms with van der Waals surface area (Å²) in [6, 6.07) is -0.533. The first-order valence-corrected chi connectivity index (χ1v) is 10.6. The number of carbonyl (C=O) groups excluding carboxylic acids is 2. The lowest BCUT2D eigenvalue weighted by Gasteiger charge is -2.43. The molecule has 2 aliphatic heterocycles. The van der Waals surface area contributed by atoms with E-state index in [9.17, 15) is 9.59 Å². The lowest BCUT2D eigenvalue weighted by molar-refractivity contribution is -0.163. The molecule has 0 aromatic rings. The van der Waals surface area contributed by atoms with Crippen LogP contribution in [0.15, 0.2) is 0 Å². The van der Waals surface area contributed by atoms with Gasteiger partial charge in [-0.2, -0.15) is 0 Å². The maximum atomic E-state index is 13.2. The van der Waals surface area contributed by atoms with E-state index in [1.165, 1.54) is 0 Å². The van der Waals surface area contributed by atoms with E-state index in [1.807, 2.05) is 0 Å².